The molecule has 1 heterocycles. The molecule has 0 atom stereocenters. The van der Waals surface area contributed by atoms with Gasteiger partial charge in [0, 0.05) is 0 Å². The molecule has 0 saturated carbocycles. The molecule has 0 bridgehead atoms. The van der Waals surface area contributed by atoms with Crippen LogP contribution >= 0.6 is 0 Å². The second-order valence-corrected chi connectivity index (χ2v) is 1.94. The molecular formula is C6H10N2+2. The molecule has 1 aromatic rings. The van der Waals surface area contributed by atoms with Gasteiger partial charge in [-0.2, -0.15) is 9.13 Å². The third-order valence-corrected chi connectivity index (χ3v) is 1.01. The van der Waals surface area contributed by atoms with Gasteiger partial charge in [-0.15, -0.1) is 0 Å². The van der Waals surface area contributed by atoms with Crippen LogP contribution in [0.1, 0.15) is 0 Å². The number of rotatable bonds is 0. The van der Waals surface area contributed by atoms with E-state index in [9.17, 15) is 0 Å². The summed E-state index contributed by atoms with van der Waals surface area (Å²) in [6, 6.07) is 2.00. The molecule has 8 heavy (non-hydrogen) atoms. The minimum Gasteiger partial charge on any atom is -0.152 e. The fourth-order valence-electron chi connectivity index (χ4n) is 0.674. The summed E-state index contributed by atoms with van der Waals surface area (Å²) in [4.78, 5) is 0. The van der Waals surface area contributed by atoms with Gasteiger partial charge in [-0.1, -0.05) is 0 Å². The molecular weight excluding hydrogens is 100 g/mol. The largest absolute Gasteiger partial charge is 0.406 e. The average Bonchev–Trinajstić information content (AvgIpc) is 1.64. The predicted octanol–water partition coefficient (Wildman–Crippen LogP) is -0.664. The third-order valence-electron chi connectivity index (χ3n) is 1.01. The maximum Gasteiger partial charge on any atom is 0.406 e. The lowest BCUT2D eigenvalue weighted by molar-refractivity contribution is -0.805. The van der Waals surface area contributed by atoms with Crippen molar-refractivity contribution in [3.63, 3.8) is 0 Å². The molecule has 2 heteroatoms. The molecule has 0 spiro atoms. The van der Waals surface area contributed by atoms with E-state index in [4.69, 9.17) is 0 Å². The fourth-order valence-corrected chi connectivity index (χ4v) is 0.674. The van der Waals surface area contributed by atoms with Gasteiger partial charge < -0.3 is 0 Å². The first-order valence-corrected chi connectivity index (χ1v) is 2.59. The van der Waals surface area contributed by atoms with E-state index in [2.05, 4.69) is 0 Å². The zero-order valence-electron chi connectivity index (χ0n) is 5.20. The number of aryl methyl sites for hydroxylation is 2. The topological polar surface area (TPSA) is 7.76 Å². The van der Waals surface area contributed by atoms with E-state index in [1.165, 1.54) is 0 Å². The highest BCUT2D eigenvalue weighted by molar-refractivity contribution is 4.62. The molecule has 0 aliphatic heterocycles. The van der Waals surface area contributed by atoms with Crippen molar-refractivity contribution in [1.29, 1.82) is 0 Å². The van der Waals surface area contributed by atoms with Crippen LogP contribution < -0.4 is 9.13 Å². The summed E-state index contributed by atoms with van der Waals surface area (Å²) in [5, 5.41) is 0. The minimum absolute atomic E-state index is 2.00. The Kier molecular flexibility index (Phi) is 1.24. The highest BCUT2D eigenvalue weighted by Crippen LogP contribution is 1.62. The van der Waals surface area contributed by atoms with Gasteiger partial charge in [0.15, 0.2) is 12.4 Å². The molecule has 1 rings (SSSR count). The molecule has 42 valence electrons. The van der Waals surface area contributed by atoms with Gasteiger partial charge >= 0.3 is 6.33 Å². The molecule has 0 saturated heterocycles. The van der Waals surface area contributed by atoms with Crippen LogP contribution in [0.2, 0.25) is 0 Å². The second kappa shape index (κ2) is 1.90. The molecule has 0 aliphatic carbocycles. The highest BCUT2D eigenvalue weighted by Gasteiger charge is 1.93. The van der Waals surface area contributed by atoms with Crippen molar-refractivity contribution in [2.24, 2.45) is 14.1 Å². The Labute approximate surface area is 49.0 Å². The highest BCUT2D eigenvalue weighted by atomic mass is 15.0. The van der Waals surface area contributed by atoms with Crippen LogP contribution in [0.4, 0.5) is 0 Å². The monoisotopic (exact) mass is 110 g/mol. The first-order valence-electron chi connectivity index (χ1n) is 2.59. The lowest BCUT2D eigenvalue weighted by Crippen LogP contribution is -2.41. The lowest BCUT2D eigenvalue weighted by atomic mass is 10.6. The Morgan fingerprint density at radius 2 is 1.50 bits per heavy atom. The summed E-state index contributed by atoms with van der Waals surface area (Å²) >= 11 is 0. The maximum atomic E-state index is 2.00. The molecule has 0 unspecified atom stereocenters. The van der Waals surface area contributed by atoms with Gasteiger partial charge in [0.2, 0.25) is 0 Å². The standard InChI is InChI=1S/C6H10N2/c1-7-4-3-5-8(2)6-7/h3-6H,1-2H3/q+2. The van der Waals surface area contributed by atoms with E-state index in [1.54, 1.807) is 0 Å². The second-order valence-electron chi connectivity index (χ2n) is 1.94. The minimum atomic E-state index is 2.00. The molecule has 0 radical (unpaired) electrons. The van der Waals surface area contributed by atoms with Crippen molar-refractivity contribution in [1.82, 2.24) is 0 Å². The number of nitrogens with zero attached hydrogens (tertiary/aromatic N) is 2. The Bertz CT molecular complexity index is 166. The quantitative estimate of drug-likeness (QED) is 0.391. The van der Waals surface area contributed by atoms with Crippen LogP contribution in [-0.2, 0) is 14.1 Å². The van der Waals surface area contributed by atoms with Crippen molar-refractivity contribution in [3.8, 4) is 0 Å². The van der Waals surface area contributed by atoms with E-state index >= 15 is 0 Å². The van der Waals surface area contributed by atoms with E-state index in [0.717, 1.165) is 0 Å². The van der Waals surface area contributed by atoms with E-state index < -0.39 is 0 Å². The molecule has 0 fully saturated rings. The molecule has 0 amide bonds. The number of hydrogen-bond donors (Lipinski definition) is 0. The molecule has 0 aromatic carbocycles. The fraction of sp³-hybridized carbons (Fsp3) is 0.333. The van der Waals surface area contributed by atoms with E-state index in [1.807, 2.05) is 48.0 Å². The van der Waals surface area contributed by atoms with E-state index in [0.29, 0.717) is 0 Å². The first-order chi connectivity index (χ1) is 3.79. The molecule has 1 aromatic heterocycles. The van der Waals surface area contributed by atoms with Gasteiger partial charge in [-0.25, -0.2) is 0 Å². The Balaban J connectivity index is 3.08. The van der Waals surface area contributed by atoms with Crippen LogP contribution in [0.15, 0.2) is 24.8 Å². The summed E-state index contributed by atoms with van der Waals surface area (Å²) in [6.45, 7) is 0. The van der Waals surface area contributed by atoms with Crippen LogP contribution in [0.25, 0.3) is 0 Å². The number of hydrogen-bond acceptors (Lipinski definition) is 0. The van der Waals surface area contributed by atoms with Crippen molar-refractivity contribution < 1.29 is 9.13 Å². The zero-order chi connectivity index (χ0) is 5.98. The smallest absolute Gasteiger partial charge is 0.152 e. The Morgan fingerprint density at radius 3 is 1.75 bits per heavy atom. The summed E-state index contributed by atoms with van der Waals surface area (Å²) in [6.07, 6.45) is 6.00. The molecule has 0 N–H and O–H groups in total. The van der Waals surface area contributed by atoms with Gasteiger partial charge in [0.25, 0.3) is 0 Å². The first kappa shape index (κ1) is 5.22. The maximum absolute atomic E-state index is 2.00. The normalized spacial score (nSPS) is 9.25. The van der Waals surface area contributed by atoms with Gasteiger partial charge in [-0.05, 0) is 0 Å². The van der Waals surface area contributed by atoms with Crippen molar-refractivity contribution in [3.05, 3.63) is 24.8 Å². The van der Waals surface area contributed by atoms with E-state index in [-0.39, 0.29) is 0 Å². The van der Waals surface area contributed by atoms with Crippen molar-refractivity contribution in [2.45, 2.75) is 0 Å². The van der Waals surface area contributed by atoms with Gasteiger partial charge in [0.05, 0.1) is 6.07 Å². The zero-order valence-corrected chi connectivity index (χ0v) is 5.20. The van der Waals surface area contributed by atoms with Crippen molar-refractivity contribution in [2.75, 3.05) is 0 Å². The van der Waals surface area contributed by atoms with Gasteiger partial charge in [-0.3, -0.25) is 0 Å². The van der Waals surface area contributed by atoms with Gasteiger partial charge in [0.1, 0.15) is 14.1 Å². The molecule has 2 nitrogen and oxygen atoms in total. The Morgan fingerprint density at radius 1 is 1.00 bits per heavy atom. The average molecular weight is 110 g/mol. The Hall–Kier alpha value is -0.920. The van der Waals surface area contributed by atoms with Crippen molar-refractivity contribution >= 4 is 0 Å². The summed E-state index contributed by atoms with van der Waals surface area (Å²) in [5.41, 5.74) is 0. The number of aromatic nitrogens is 2. The van der Waals surface area contributed by atoms with Crippen LogP contribution in [-0.4, -0.2) is 0 Å². The third kappa shape index (κ3) is 1.03. The van der Waals surface area contributed by atoms with Crippen LogP contribution in [0.5, 0.6) is 0 Å². The summed E-state index contributed by atoms with van der Waals surface area (Å²) in [7, 11) is 4.00. The van der Waals surface area contributed by atoms with Crippen LogP contribution in [0, 0.1) is 0 Å². The lowest BCUT2D eigenvalue weighted by Gasteiger charge is -1.80. The summed E-state index contributed by atoms with van der Waals surface area (Å²) in [5.74, 6) is 0. The summed E-state index contributed by atoms with van der Waals surface area (Å²) < 4.78 is 4.00. The molecule has 0 aliphatic rings. The predicted molar refractivity (Wildman–Crippen MR) is 28.8 cm³/mol. The van der Waals surface area contributed by atoms with Crippen LogP contribution in [0.3, 0.4) is 0 Å². The SMILES string of the molecule is C[n+]1ccc[n+](C)c1.